The lowest BCUT2D eigenvalue weighted by atomic mass is 10.2. The lowest BCUT2D eigenvalue weighted by molar-refractivity contribution is -0.137. The van der Waals surface area contributed by atoms with Gasteiger partial charge in [-0.15, -0.1) is 0 Å². The van der Waals surface area contributed by atoms with Gasteiger partial charge < -0.3 is 4.74 Å². The average molecular weight is 261 g/mol. The van der Waals surface area contributed by atoms with Crippen LogP contribution in [0.2, 0.25) is 0 Å². The summed E-state index contributed by atoms with van der Waals surface area (Å²) in [6, 6.07) is 2.43. The number of hydrazine groups is 1. The standard InChI is InChI=1S/C11H14F3N3O/c12-11(13,14)9-1-2-10(15-7-9)8-16-17-3-5-18-6-4-17/h1-2,7,16H,3-6,8H2. The number of ether oxygens (including phenoxy) is 1. The Hall–Kier alpha value is -1.18. The fourth-order valence-electron chi connectivity index (χ4n) is 1.61. The number of nitrogens with one attached hydrogen (secondary N) is 1. The molecule has 0 atom stereocenters. The molecule has 0 aromatic carbocycles. The van der Waals surface area contributed by atoms with Crippen molar-refractivity contribution in [3.63, 3.8) is 0 Å². The molecule has 0 saturated carbocycles. The summed E-state index contributed by atoms with van der Waals surface area (Å²) in [5.74, 6) is 0. The van der Waals surface area contributed by atoms with E-state index in [0.717, 1.165) is 25.4 Å². The van der Waals surface area contributed by atoms with Gasteiger partial charge in [0.2, 0.25) is 0 Å². The quantitative estimate of drug-likeness (QED) is 0.893. The molecule has 1 aromatic rings. The molecule has 1 saturated heterocycles. The van der Waals surface area contributed by atoms with Crippen molar-refractivity contribution in [3.05, 3.63) is 29.6 Å². The van der Waals surface area contributed by atoms with Gasteiger partial charge in [0, 0.05) is 19.3 Å². The van der Waals surface area contributed by atoms with E-state index >= 15 is 0 Å². The van der Waals surface area contributed by atoms with Crippen LogP contribution in [0.4, 0.5) is 13.2 Å². The van der Waals surface area contributed by atoms with E-state index < -0.39 is 11.7 Å². The molecule has 1 aliphatic rings. The Morgan fingerprint density at radius 2 is 2.00 bits per heavy atom. The molecule has 0 radical (unpaired) electrons. The largest absolute Gasteiger partial charge is 0.417 e. The van der Waals surface area contributed by atoms with Crippen LogP contribution < -0.4 is 5.43 Å². The fourth-order valence-corrected chi connectivity index (χ4v) is 1.61. The molecule has 0 bridgehead atoms. The van der Waals surface area contributed by atoms with Crippen LogP contribution in [0.3, 0.4) is 0 Å². The average Bonchev–Trinajstić information content (AvgIpc) is 2.37. The van der Waals surface area contributed by atoms with Crippen molar-refractivity contribution in [1.29, 1.82) is 0 Å². The second-order valence-corrected chi connectivity index (χ2v) is 3.97. The SMILES string of the molecule is FC(F)(F)c1ccc(CNN2CCOCC2)nc1. The Morgan fingerprint density at radius 3 is 2.56 bits per heavy atom. The molecule has 1 N–H and O–H groups in total. The molecule has 0 spiro atoms. The summed E-state index contributed by atoms with van der Waals surface area (Å²) in [7, 11) is 0. The van der Waals surface area contributed by atoms with E-state index in [4.69, 9.17) is 4.74 Å². The van der Waals surface area contributed by atoms with Crippen LogP contribution in [-0.4, -0.2) is 36.3 Å². The number of rotatable bonds is 3. The predicted octanol–water partition coefficient (Wildman–Crippen LogP) is 1.44. The second kappa shape index (κ2) is 5.64. The summed E-state index contributed by atoms with van der Waals surface area (Å²) in [6.45, 7) is 3.26. The minimum atomic E-state index is -4.33. The van der Waals surface area contributed by atoms with E-state index in [2.05, 4.69) is 10.4 Å². The van der Waals surface area contributed by atoms with Crippen molar-refractivity contribution in [3.8, 4) is 0 Å². The van der Waals surface area contributed by atoms with Gasteiger partial charge in [-0.05, 0) is 12.1 Å². The Morgan fingerprint density at radius 1 is 1.28 bits per heavy atom. The highest BCUT2D eigenvalue weighted by Crippen LogP contribution is 2.28. The number of morpholine rings is 1. The van der Waals surface area contributed by atoms with E-state index in [1.165, 1.54) is 6.07 Å². The minimum absolute atomic E-state index is 0.415. The van der Waals surface area contributed by atoms with Crippen molar-refractivity contribution >= 4 is 0 Å². The van der Waals surface area contributed by atoms with E-state index in [9.17, 15) is 13.2 Å². The van der Waals surface area contributed by atoms with Crippen LogP contribution >= 0.6 is 0 Å². The van der Waals surface area contributed by atoms with Crippen LogP contribution in [0.15, 0.2) is 18.3 Å². The number of alkyl halides is 3. The van der Waals surface area contributed by atoms with Crippen LogP contribution in [-0.2, 0) is 17.5 Å². The first-order valence-electron chi connectivity index (χ1n) is 5.64. The Kier molecular flexibility index (Phi) is 4.15. The van der Waals surface area contributed by atoms with Gasteiger partial charge >= 0.3 is 6.18 Å². The molecule has 4 nitrogen and oxygen atoms in total. The Labute approximate surface area is 103 Å². The molecule has 7 heteroatoms. The molecule has 0 unspecified atom stereocenters. The van der Waals surface area contributed by atoms with E-state index in [0.29, 0.717) is 25.5 Å². The number of halogens is 3. The number of hydrogen-bond donors (Lipinski definition) is 1. The van der Waals surface area contributed by atoms with Crippen LogP contribution in [0.25, 0.3) is 0 Å². The molecule has 2 heterocycles. The highest BCUT2D eigenvalue weighted by atomic mass is 19.4. The highest BCUT2D eigenvalue weighted by Gasteiger charge is 2.30. The van der Waals surface area contributed by atoms with Gasteiger partial charge in [-0.1, -0.05) is 0 Å². The summed E-state index contributed by atoms with van der Waals surface area (Å²) < 4.78 is 42.1. The Bertz CT molecular complexity index is 374. The molecule has 0 amide bonds. The molecule has 100 valence electrons. The summed E-state index contributed by atoms with van der Waals surface area (Å²) in [6.07, 6.45) is -3.47. The van der Waals surface area contributed by atoms with Crippen molar-refractivity contribution < 1.29 is 17.9 Å². The minimum Gasteiger partial charge on any atom is -0.379 e. The molecule has 2 rings (SSSR count). The van der Waals surface area contributed by atoms with Gasteiger partial charge in [0.25, 0.3) is 0 Å². The van der Waals surface area contributed by atoms with Crippen molar-refractivity contribution in [2.45, 2.75) is 12.7 Å². The highest BCUT2D eigenvalue weighted by molar-refractivity contribution is 5.16. The van der Waals surface area contributed by atoms with Crippen molar-refractivity contribution in [1.82, 2.24) is 15.4 Å². The first kappa shape index (κ1) is 13.3. The van der Waals surface area contributed by atoms with Gasteiger partial charge in [-0.2, -0.15) is 13.2 Å². The van der Waals surface area contributed by atoms with E-state index in [1.807, 2.05) is 5.01 Å². The van der Waals surface area contributed by atoms with E-state index in [1.54, 1.807) is 0 Å². The number of aromatic nitrogens is 1. The smallest absolute Gasteiger partial charge is 0.379 e. The number of nitrogens with zero attached hydrogens (tertiary/aromatic N) is 2. The second-order valence-electron chi connectivity index (χ2n) is 3.97. The van der Waals surface area contributed by atoms with Gasteiger partial charge in [-0.25, -0.2) is 10.4 Å². The molecule has 1 fully saturated rings. The third-order valence-corrected chi connectivity index (χ3v) is 2.65. The predicted molar refractivity (Wildman–Crippen MR) is 58.5 cm³/mol. The first-order chi connectivity index (χ1) is 8.55. The van der Waals surface area contributed by atoms with Crippen LogP contribution in [0.1, 0.15) is 11.3 Å². The zero-order valence-electron chi connectivity index (χ0n) is 9.70. The van der Waals surface area contributed by atoms with Gasteiger partial charge in [-0.3, -0.25) is 4.98 Å². The third kappa shape index (κ3) is 3.66. The fraction of sp³-hybridized carbons (Fsp3) is 0.545. The maximum atomic E-state index is 12.3. The monoisotopic (exact) mass is 261 g/mol. The zero-order chi connectivity index (χ0) is 13.0. The van der Waals surface area contributed by atoms with Gasteiger partial charge in [0.05, 0.1) is 31.0 Å². The van der Waals surface area contributed by atoms with Crippen molar-refractivity contribution in [2.75, 3.05) is 26.3 Å². The Balaban J connectivity index is 1.86. The maximum Gasteiger partial charge on any atom is 0.417 e. The van der Waals surface area contributed by atoms with Crippen LogP contribution in [0, 0.1) is 0 Å². The molecular formula is C11H14F3N3O. The van der Waals surface area contributed by atoms with E-state index in [-0.39, 0.29) is 0 Å². The lowest BCUT2D eigenvalue weighted by Crippen LogP contribution is -2.45. The molecule has 1 aliphatic heterocycles. The lowest BCUT2D eigenvalue weighted by Gasteiger charge is -2.27. The number of pyridine rings is 1. The first-order valence-corrected chi connectivity index (χ1v) is 5.64. The van der Waals surface area contributed by atoms with Crippen LogP contribution in [0.5, 0.6) is 0 Å². The van der Waals surface area contributed by atoms with Gasteiger partial charge in [0.1, 0.15) is 0 Å². The van der Waals surface area contributed by atoms with Crippen molar-refractivity contribution in [2.24, 2.45) is 0 Å². The molecular weight excluding hydrogens is 247 g/mol. The third-order valence-electron chi connectivity index (χ3n) is 2.65. The summed E-state index contributed by atoms with van der Waals surface area (Å²) in [5, 5.41) is 1.98. The molecule has 1 aromatic heterocycles. The molecule has 18 heavy (non-hydrogen) atoms. The topological polar surface area (TPSA) is 37.4 Å². The summed E-state index contributed by atoms with van der Waals surface area (Å²) >= 11 is 0. The maximum absolute atomic E-state index is 12.3. The summed E-state index contributed by atoms with van der Waals surface area (Å²) in [5.41, 5.74) is 2.96. The molecule has 0 aliphatic carbocycles. The zero-order valence-corrected chi connectivity index (χ0v) is 9.70. The normalized spacial score (nSPS) is 17.9. The number of hydrogen-bond acceptors (Lipinski definition) is 4. The summed E-state index contributed by atoms with van der Waals surface area (Å²) in [4.78, 5) is 3.79. The van der Waals surface area contributed by atoms with Gasteiger partial charge in [0.15, 0.2) is 0 Å².